The molecule has 0 atom stereocenters. The Bertz CT molecular complexity index is 808. The lowest BCUT2D eigenvalue weighted by molar-refractivity contribution is -0.139. The Hall–Kier alpha value is -2.18. The van der Waals surface area contributed by atoms with Gasteiger partial charge in [-0.1, -0.05) is 42.0 Å². The number of rotatable bonds is 9. The molecule has 0 saturated carbocycles. The number of carbonyl (C=O) groups is 1. The fraction of sp³-hybridized carbons (Fsp3) is 0.350. The predicted octanol–water partition coefficient (Wildman–Crippen LogP) is 3.44. The van der Waals surface area contributed by atoms with E-state index in [1.165, 1.54) is 7.11 Å². The summed E-state index contributed by atoms with van der Waals surface area (Å²) < 4.78 is 33.9. The molecule has 0 bridgehead atoms. The lowest BCUT2D eigenvalue weighted by Gasteiger charge is -2.07. The first-order valence-corrected chi connectivity index (χ1v) is 9.92. The highest BCUT2D eigenvalue weighted by Gasteiger charge is 2.14. The Kier molecular flexibility index (Phi) is 7.36. The summed E-state index contributed by atoms with van der Waals surface area (Å²) >= 11 is 0. The first kappa shape index (κ1) is 20.1. The summed E-state index contributed by atoms with van der Waals surface area (Å²) in [6, 6.07) is 14.4. The minimum Gasteiger partial charge on any atom is -0.469 e. The van der Waals surface area contributed by atoms with Gasteiger partial charge in [0, 0.05) is 0 Å². The van der Waals surface area contributed by atoms with Crippen LogP contribution in [0.3, 0.4) is 0 Å². The molecule has 0 unspecified atom stereocenters. The van der Waals surface area contributed by atoms with Crippen molar-refractivity contribution < 1.29 is 22.1 Å². The smallest absolute Gasteiger partial charge is 0.309 e. The number of ether oxygens (including phenoxy) is 1. The predicted molar refractivity (Wildman–Crippen MR) is 99.4 cm³/mol. The molecule has 2 aromatic rings. The molecule has 0 aliphatic carbocycles. The molecule has 0 N–H and O–H groups in total. The number of esters is 1. The third-order valence-corrected chi connectivity index (χ3v) is 5.33. The van der Waals surface area contributed by atoms with E-state index in [2.05, 4.69) is 4.74 Å². The molecule has 0 aromatic heterocycles. The zero-order valence-electron chi connectivity index (χ0n) is 15.1. The molecule has 0 radical (unpaired) electrons. The summed E-state index contributed by atoms with van der Waals surface area (Å²) in [5.74, 6) is -0.260. The fourth-order valence-electron chi connectivity index (χ4n) is 2.44. The minimum absolute atomic E-state index is 0.163. The van der Waals surface area contributed by atoms with Gasteiger partial charge in [-0.25, -0.2) is 0 Å². The molecule has 0 fully saturated rings. The number of unbranched alkanes of at least 4 members (excludes halogenated alkanes) is 1. The summed E-state index contributed by atoms with van der Waals surface area (Å²) in [6.07, 6.45) is 2.56. The molecule has 0 aliphatic heterocycles. The Morgan fingerprint density at radius 2 is 1.54 bits per heavy atom. The number of carbonyl (C=O) groups excluding carboxylic acids is 1. The summed E-state index contributed by atoms with van der Waals surface area (Å²) in [5.41, 5.74) is 3.05. The highest BCUT2D eigenvalue weighted by atomic mass is 32.2. The van der Waals surface area contributed by atoms with Gasteiger partial charge in [0.25, 0.3) is 10.1 Å². The highest BCUT2D eigenvalue weighted by molar-refractivity contribution is 7.86. The van der Waals surface area contributed by atoms with Crippen LogP contribution in [0.5, 0.6) is 0 Å². The maximum Gasteiger partial charge on any atom is 0.309 e. The van der Waals surface area contributed by atoms with E-state index in [-0.39, 0.29) is 23.9 Å². The Labute approximate surface area is 155 Å². The number of aryl methyl sites for hydroxylation is 2. The quantitative estimate of drug-likeness (QED) is 0.381. The van der Waals surface area contributed by atoms with Crippen molar-refractivity contribution in [3.63, 3.8) is 0 Å². The average Bonchev–Trinajstić information content (AvgIpc) is 2.63. The van der Waals surface area contributed by atoms with E-state index >= 15 is 0 Å². The number of hydrogen-bond donors (Lipinski definition) is 0. The zero-order valence-corrected chi connectivity index (χ0v) is 15.9. The first-order chi connectivity index (χ1) is 12.4. The zero-order chi connectivity index (χ0) is 19.0. The van der Waals surface area contributed by atoms with Gasteiger partial charge in [-0.3, -0.25) is 8.98 Å². The van der Waals surface area contributed by atoms with E-state index in [4.69, 9.17) is 4.18 Å². The normalized spacial score (nSPS) is 11.3. The Balaban J connectivity index is 1.73. The fourth-order valence-corrected chi connectivity index (χ4v) is 3.38. The van der Waals surface area contributed by atoms with Crippen LogP contribution in [0, 0.1) is 6.92 Å². The van der Waals surface area contributed by atoms with Crippen LogP contribution >= 0.6 is 0 Å². The average molecular weight is 376 g/mol. The third kappa shape index (κ3) is 6.28. The summed E-state index contributed by atoms with van der Waals surface area (Å²) in [6.45, 7) is 2.07. The lowest BCUT2D eigenvalue weighted by Crippen LogP contribution is -2.08. The molecule has 2 rings (SSSR count). The van der Waals surface area contributed by atoms with Crippen molar-refractivity contribution in [3.05, 3.63) is 65.2 Å². The van der Waals surface area contributed by atoms with Gasteiger partial charge in [0.2, 0.25) is 0 Å². The van der Waals surface area contributed by atoms with Crippen LogP contribution in [0.4, 0.5) is 0 Å². The molecule has 140 valence electrons. The molecule has 5 nitrogen and oxygen atoms in total. The molecule has 0 saturated heterocycles. The third-order valence-electron chi connectivity index (χ3n) is 4.01. The monoisotopic (exact) mass is 376 g/mol. The maximum atomic E-state index is 12.1. The van der Waals surface area contributed by atoms with Crippen LogP contribution in [-0.2, 0) is 36.7 Å². The van der Waals surface area contributed by atoms with Gasteiger partial charge in [0.15, 0.2) is 0 Å². The molecule has 2 aromatic carbocycles. The van der Waals surface area contributed by atoms with Gasteiger partial charge < -0.3 is 4.74 Å². The SMILES string of the molecule is COC(=O)Cc1ccc(CCCCOS(=O)(=O)c2ccc(C)cc2)cc1. The number of hydrogen-bond acceptors (Lipinski definition) is 5. The van der Waals surface area contributed by atoms with Crippen LogP contribution in [0.15, 0.2) is 53.4 Å². The van der Waals surface area contributed by atoms with Gasteiger partial charge in [-0.2, -0.15) is 8.42 Å². The second-order valence-electron chi connectivity index (χ2n) is 6.12. The van der Waals surface area contributed by atoms with Crippen molar-refractivity contribution in [1.29, 1.82) is 0 Å². The second-order valence-corrected chi connectivity index (χ2v) is 7.73. The molecule has 6 heteroatoms. The van der Waals surface area contributed by atoms with E-state index < -0.39 is 10.1 Å². The van der Waals surface area contributed by atoms with Crippen molar-refractivity contribution in [2.24, 2.45) is 0 Å². The van der Waals surface area contributed by atoms with Crippen LogP contribution in [0.2, 0.25) is 0 Å². The summed E-state index contributed by atoms with van der Waals surface area (Å²) in [5, 5.41) is 0. The lowest BCUT2D eigenvalue weighted by atomic mass is 10.0. The standard InChI is InChI=1S/C20H24O5S/c1-16-6-12-19(13-7-16)26(22,23)25-14-4-3-5-17-8-10-18(11-9-17)15-20(21)24-2/h6-13H,3-5,14-15H2,1-2H3. The van der Waals surface area contributed by atoms with Crippen molar-refractivity contribution in [3.8, 4) is 0 Å². The summed E-state index contributed by atoms with van der Waals surface area (Å²) in [7, 11) is -2.31. The van der Waals surface area contributed by atoms with Gasteiger partial charge in [0.05, 0.1) is 25.0 Å². The van der Waals surface area contributed by atoms with Crippen LogP contribution in [-0.4, -0.2) is 28.1 Å². The van der Waals surface area contributed by atoms with E-state index in [0.29, 0.717) is 6.42 Å². The second kappa shape index (κ2) is 9.50. The van der Waals surface area contributed by atoms with E-state index in [0.717, 1.165) is 29.5 Å². The van der Waals surface area contributed by atoms with Crippen LogP contribution < -0.4 is 0 Å². The highest BCUT2D eigenvalue weighted by Crippen LogP contribution is 2.14. The summed E-state index contributed by atoms with van der Waals surface area (Å²) in [4.78, 5) is 11.4. The van der Waals surface area contributed by atoms with Crippen molar-refractivity contribution >= 4 is 16.1 Å². The van der Waals surface area contributed by atoms with E-state index in [9.17, 15) is 13.2 Å². The van der Waals surface area contributed by atoms with Crippen LogP contribution in [0.25, 0.3) is 0 Å². The molecule has 0 heterocycles. The molecular formula is C20H24O5S. The molecular weight excluding hydrogens is 352 g/mol. The largest absolute Gasteiger partial charge is 0.469 e. The molecule has 26 heavy (non-hydrogen) atoms. The van der Waals surface area contributed by atoms with Crippen molar-refractivity contribution in [2.75, 3.05) is 13.7 Å². The number of benzene rings is 2. The Morgan fingerprint density at radius 3 is 2.15 bits per heavy atom. The van der Waals surface area contributed by atoms with Crippen molar-refractivity contribution in [1.82, 2.24) is 0 Å². The molecule has 0 spiro atoms. The van der Waals surface area contributed by atoms with Gasteiger partial charge >= 0.3 is 5.97 Å². The van der Waals surface area contributed by atoms with Gasteiger partial charge in [0.1, 0.15) is 0 Å². The topological polar surface area (TPSA) is 69.7 Å². The molecule has 0 amide bonds. The maximum absolute atomic E-state index is 12.1. The number of methoxy groups -OCH3 is 1. The minimum atomic E-state index is -3.69. The van der Waals surface area contributed by atoms with Gasteiger partial charge in [-0.15, -0.1) is 0 Å². The van der Waals surface area contributed by atoms with Crippen molar-refractivity contribution in [2.45, 2.75) is 37.5 Å². The van der Waals surface area contributed by atoms with Gasteiger partial charge in [-0.05, 0) is 49.4 Å². The van der Waals surface area contributed by atoms with Crippen LogP contribution in [0.1, 0.15) is 29.5 Å². The molecule has 0 aliphatic rings. The Morgan fingerprint density at radius 1 is 0.923 bits per heavy atom. The first-order valence-electron chi connectivity index (χ1n) is 8.51. The van der Waals surface area contributed by atoms with E-state index in [1.54, 1.807) is 24.3 Å². The van der Waals surface area contributed by atoms with E-state index in [1.807, 2.05) is 31.2 Å².